The number of ether oxygens (including phenoxy) is 2. The van der Waals surface area contributed by atoms with Gasteiger partial charge in [-0.3, -0.25) is 0 Å². The molecule has 0 amide bonds. The van der Waals surface area contributed by atoms with Crippen LogP contribution in [-0.4, -0.2) is 17.1 Å². The molecule has 0 radical (unpaired) electrons. The largest absolute Gasteiger partial charge is 0.489 e. The van der Waals surface area contributed by atoms with Gasteiger partial charge in [0, 0.05) is 6.07 Å². The molecule has 2 N–H and O–H groups in total. The number of rotatable bonds is 3. The molecule has 94 valence electrons. The van der Waals surface area contributed by atoms with Crippen LogP contribution in [-0.2, 0) is 0 Å². The molecule has 0 atom stereocenters. The first-order chi connectivity index (χ1) is 8.61. The molecule has 0 fully saturated rings. The molecule has 0 aliphatic carbocycles. The number of hydrogen-bond acceptors (Lipinski definition) is 5. The number of benzene rings is 1. The molecular weight excluding hydrogens is 261 g/mol. The third-order valence-electron chi connectivity index (χ3n) is 2.11. The van der Waals surface area contributed by atoms with Gasteiger partial charge in [-0.2, -0.15) is 4.98 Å². The minimum Gasteiger partial charge on any atom is -0.489 e. The van der Waals surface area contributed by atoms with Gasteiger partial charge < -0.3 is 15.2 Å². The fourth-order valence-corrected chi connectivity index (χ4v) is 1.46. The Balaban J connectivity index is 2.34. The number of nitrogen functional groups attached to an aromatic ring is 1. The molecule has 0 aliphatic rings. The molecule has 0 bridgehead atoms. The van der Waals surface area contributed by atoms with Crippen molar-refractivity contribution in [1.82, 2.24) is 9.97 Å². The highest BCUT2D eigenvalue weighted by Crippen LogP contribution is 2.33. The minimum absolute atomic E-state index is 0.0477. The standard InChI is InChI=1S/C11H9ClFN3O2/c1-17-9-10(14)15-5-16-11(9)18-6-2-3-8(13)7(12)4-6/h2-5H,1H3,(H2,14,15,16). The van der Waals surface area contributed by atoms with Crippen LogP contribution in [0.4, 0.5) is 10.2 Å². The van der Waals surface area contributed by atoms with Crippen molar-refractivity contribution in [2.45, 2.75) is 0 Å². The molecule has 2 aromatic rings. The summed E-state index contributed by atoms with van der Waals surface area (Å²) in [6.07, 6.45) is 1.23. The second kappa shape index (κ2) is 5.05. The summed E-state index contributed by atoms with van der Waals surface area (Å²) in [6, 6.07) is 3.93. The normalized spacial score (nSPS) is 10.2. The zero-order valence-corrected chi connectivity index (χ0v) is 10.1. The average molecular weight is 270 g/mol. The first-order valence-corrected chi connectivity index (χ1v) is 5.27. The lowest BCUT2D eigenvalue weighted by Gasteiger charge is -2.10. The van der Waals surface area contributed by atoms with E-state index in [4.69, 9.17) is 26.8 Å². The van der Waals surface area contributed by atoms with Crippen molar-refractivity contribution in [3.8, 4) is 17.4 Å². The summed E-state index contributed by atoms with van der Waals surface area (Å²) >= 11 is 5.64. The molecule has 0 spiro atoms. The van der Waals surface area contributed by atoms with Crippen molar-refractivity contribution >= 4 is 17.4 Å². The smallest absolute Gasteiger partial charge is 0.268 e. The maximum absolute atomic E-state index is 13.0. The van der Waals surface area contributed by atoms with E-state index in [1.54, 1.807) is 0 Å². The van der Waals surface area contributed by atoms with Gasteiger partial charge in [-0.05, 0) is 12.1 Å². The lowest BCUT2D eigenvalue weighted by atomic mass is 10.3. The van der Waals surface area contributed by atoms with Gasteiger partial charge in [0.15, 0.2) is 5.82 Å². The summed E-state index contributed by atoms with van der Waals surface area (Å²) in [6.45, 7) is 0. The summed E-state index contributed by atoms with van der Waals surface area (Å²) < 4.78 is 23.4. The van der Waals surface area contributed by atoms with Gasteiger partial charge >= 0.3 is 0 Å². The lowest BCUT2D eigenvalue weighted by Crippen LogP contribution is -2.00. The maximum Gasteiger partial charge on any atom is 0.268 e. The van der Waals surface area contributed by atoms with Gasteiger partial charge in [0.2, 0.25) is 5.75 Å². The Kier molecular flexibility index (Phi) is 3.47. The van der Waals surface area contributed by atoms with Crippen LogP contribution in [0, 0.1) is 5.82 Å². The molecular formula is C11H9ClFN3O2. The van der Waals surface area contributed by atoms with Crippen molar-refractivity contribution in [1.29, 1.82) is 0 Å². The van der Waals surface area contributed by atoms with Crippen molar-refractivity contribution in [2.24, 2.45) is 0 Å². The van der Waals surface area contributed by atoms with Gasteiger partial charge in [-0.15, -0.1) is 0 Å². The predicted molar refractivity (Wildman–Crippen MR) is 64.5 cm³/mol. The Morgan fingerprint density at radius 3 is 2.78 bits per heavy atom. The van der Waals surface area contributed by atoms with Gasteiger partial charge in [0.1, 0.15) is 17.9 Å². The van der Waals surface area contributed by atoms with Crippen LogP contribution < -0.4 is 15.2 Å². The first-order valence-electron chi connectivity index (χ1n) is 4.89. The lowest BCUT2D eigenvalue weighted by molar-refractivity contribution is 0.369. The average Bonchev–Trinajstić information content (AvgIpc) is 2.34. The Hall–Kier alpha value is -2.08. The van der Waals surface area contributed by atoms with E-state index in [-0.39, 0.29) is 22.5 Å². The maximum atomic E-state index is 13.0. The zero-order chi connectivity index (χ0) is 13.1. The minimum atomic E-state index is -0.529. The van der Waals surface area contributed by atoms with E-state index >= 15 is 0 Å². The summed E-state index contributed by atoms with van der Waals surface area (Å²) in [4.78, 5) is 7.64. The van der Waals surface area contributed by atoms with Crippen LogP contribution in [0.25, 0.3) is 0 Å². The van der Waals surface area contributed by atoms with Crippen LogP contribution >= 0.6 is 11.6 Å². The number of aromatic nitrogens is 2. The van der Waals surface area contributed by atoms with Crippen LogP contribution in [0.15, 0.2) is 24.5 Å². The third-order valence-corrected chi connectivity index (χ3v) is 2.40. The Morgan fingerprint density at radius 1 is 1.33 bits per heavy atom. The van der Waals surface area contributed by atoms with Crippen molar-refractivity contribution < 1.29 is 13.9 Å². The number of nitrogens with zero attached hydrogens (tertiary/aromatic N) is 2. The summed E-state index contributed by atoms with van der Waals surface area (Å²) in [5, 5.41) is -0.0477. The zero-order valence-electron chi connectivity index (χ0n) is 9.35. The highest BCUT2D eigenvalue weighted by Gasteiger charge is 2.12. The molecule has 1 aromatic heterocycles. The Morgan fingerprint density at radius 2 is 2.11 bits per heavy atom. The van der Waals surface area contributed by atoms with E-state index < -0.39 is 5.82 Å². The molecule has 1 aromatic carbocycles. The Labute approximate surface area is 107 Å². The fourth-order valence-electron chi connectivity index (χ4n) is 1.29. The highest BCUT2D eigenvalue weighted by atomic mass is 35.5. The van der Waals surface area contributed by atoms with E-state index in [1.807, 2.05) is 0 Å². The summed E-state index contributed by atoms with van der Waals surface area (Å²) in [7, 11) is 1.42. The SMILES string of the molecule is COc1c(N)ncnc1Oc1ccc(F)c(Cl)c1. The van der Waals surface area contributed by atoms with Crippen LogP contribution in [0.2, 0.25) is 5.02 Å². The van der Waals surface area contributed by atoms with E-state index in [1.165, 1.54) is 31.6 Å². The van der Waals surface area contributed by atoms with Crippen LogP contribution in [0.1, 0.15) is 0 Å². The molecule has 7 heteroatoms. The summed E-state index contributed by atoms with van der Waals surface area (Å²) in [5.74, 6) is 0.275. The van der Waals surface area contributed by atoms with Gasteiger partial charge in [-0.1, -0.05) is 11.6 Å². The number of nitrogens with two attached hydrogens (primary N) is 1. The molecule has 0 aliphatic heterocycles. The number of anilines is 1. The quantitative estimate of drug-likeness (QED) is 0.927. The number of halogens is 2. The molecule has 2 rings (SSSR count). The predicted octanol–water partition coefficient (Wildman–Crippen LogP) is 2.65. The van der Waals surface area contributed by atoms with E-state index in [0.717, 1.165) is 0 Å². The topological polar surface area (TPSA) is 70.3 Å². The van der Waals surface area contributed by atoms with Gasteiger partial charge in [0.05, 0.1) is 12.1 Å². The third kappa shape index (κ3) is 2.43. The highest BCUT2D eigenvalue weighted by molar-refractivity contribution is 6.30. The van der Waals surface area contributed by atoms with Gasteiger partial charge in [0.25, 0.3) is 5.88 Å². The Bertz CT molecular complexity index is 580. The van der Waals surface area contributed by atoms with E-state index in [2.05, 4.69) is 9.97 Å². The second-order valence-corrected chi connectivity index (χ2v) is 3.68. The van der Waals surface area contributed by atoms with E-state index in [0.29, 0.717) is 5.75 Å². The molecule has 0 saturated heterocycles. The number of hydrogen-bond donors (Lipinski definition) is 1. The van der Waals surface area contributed by atoms with Crippen molar-refractivity contribution in [2.75, 3.05) is 12.8 Å². The second-order valence-electron chi connectivity index (χ2n) is 3.28. The van der Waals surface area contributed by atoms with Crippen LogP contribution in [0.3, 0.4) is 0 Å². The van der Waals surface area contributed by atoms with E-state index in [9.17, 15) is 4.39 Å². The molecule has 1 heterocycles. The number of methoxy groups -OCH3 is 1. The molecule has 18 heavy (non-hydrogen) atoms. The summed E-state index contributed by atoms with van der Waals surface area (Å²) in [5.41, 5.74) is 5.60. The first kappa shape index (κ1) is 12.4. The molecule has 0 unspecified atom stereocenters. The molecule has 5 nitrogen and oxygen atoms in total. The van der Waals surface area contributed by atoms with Crippen LogP contribution in [0.5, 0.6) is 17.4 Å². The molecule has 0 saturated carbocycles. The van der Waals surface area contributed by atoms with Crippen molar-refractivity contribution in [3.63, 3.8) is 0 Å². The fraction of sp³-hybridized carbons (Fsp3) is 0.0909. The monoisotopic (exact) mass is 269 g/mol. The van der Waals surface area contributed by atoms with Crippen molar-refractivity contribution in [3.05, 3.63) is 35.4 Å². The van der Waals surface area contributed by atoms with Gasteiger partial charge in [-0.25, -0.2) is 9.37 Å².